The Kier molecular flexibility index (Phi) is 2.63. The maximum atomic E-state index is 11.6. The molecule has 1 aliphatic heterocycles. The van der Waals surface area contributed by atoms with Gasteiger partial charge in [0.1, 0.15) is 0 Å². The minimum Gasteiger partial charge on any atom is -0.315 e. The highest BCUT2D eigenvalue weighted by molar-refractivity contribution is 5.95. The van der Waals surface area contributed by atoms with Gasteiger partial charge in [-0.05, 0) is 36.5 Å². The van der Waals surface area contributed by atoms with Crippen LogP contribution in [0.15, 0.2) is 18.2 Å². The van der Waals surface area contributed by atoms with Crippen molar-refractivity contribution in [1.82, 2.24) is 5.32 Å². The average Bonchev–Trinajstić information content (AvgIpc) is 3.15. The lowest BCUT2D eigenvalue weighted by Gasteiger charge is -2.26. The van der Waals surface area contributed by atoms with Crippen molar-refractivity contribution < 1.29 is 4.79 Å². The van der Waals surface area contributed by atoms with Crippen molar-refractivity contribution in [3.63, 3.8) is 0 Å². The molecule has 1 aromatic carbocycles. The van der Waals surface area contributed by atoms with Gasteiger partial charge in [-0.3, -0.25) is 4.79 Å². The molecule has 1 fully saturated rings. The summed E-state index contributed by atoms with van der Waals surface area (Å²) in [6.45, 7) is 0.954. The smallest absolute Gasteiger partial charge is 0.227 e. The summed E-state index contributed by atoms with van der Waals surface area (Å²) in [6, 6.07) is 7.20. The summed E-state index contributed by atoms with van der Waals surface area (Å²) >= 11 is 0. The Labute approximate surface area is 102 Å². The Morgan fingerprint density at radius 3 is 2.94 bits per heavy atom. The molecule has 0 radical (unpaired) electrons. The Morgan fingerprint density at radius 2 is 2.18 bits per heavy atom. The molecule has 3 heteroatoms. The summed E-state index contributed by atoms with van der Waals surface area (Å²) in [5.41, 5.74) is 3.72. The van der Waals surface area contributed by atoms with Crippen molar-refractivity contribution in [2.45, 2.75) is 38.3 Å². The Bertz CT molecular complexity index is 452. The highest BCUT2D eigenvalue weighted by Gasteiger charge is 2.22. The van der Waals surface area contributed by atoms with Gasteiger partial charge in [-0.25, -0.2) is 0 Å². The van der Waals surface area contributed by atoms with Crippen molar-refractivity contribution in [2.75, 3.05) is 11.9 Å². The molecule has 0 saturated heterocycles. The number of nitrogens with one attached hydrogen (secondary N) is 1. The molecule has 90 valence electrons. The van der Waals surface area contributed by atoms with Crippen LogP contribution < -0.4 is 10.2 Å². The third-order valence-electron chi connectivity index (χ3n) is 3.66. The van der Waals surface area contributed by atoms with Gasteiger partial charge in [0, 0.05) is 31.7 Å². The fourth-order valence-corrected chi connectivity index (χ4v) is 2.37. The molecule has 2 aliphatic rings. The molecule has 3 rings (SSSR count). The van der Waals surface area contributed by atoms with Crippen LogP contribution in [0.1, 0.15) is 30.4 Å². The Morgan fingerprint density at radius 1 is 1.35 bits per heavy atom. The second kappa shape index (κ2) is 4.15. The van der Waals surface area contributed by atoms with E-state index in [4.69, 9.17) is 0 Å². The lowest BCUT2D eigenvalue weighted by molar-refractivity contribution is -0.118. The maximum Gasteiger partial charge on any atom is 0.227 e. The van der Waals surface area contributed by atoms with Gasteiger partial charge in [0.2, 0.25) is 5.91 Å². The number of nitrogens with zero attached hydrogens (tertiary/aromatic N) is 1. The highest BCUT2D eigenvalue weighted by atomic mass is 16.2. The SMILES string of the molecule is CN1C(=O)CCc2cc(CNC3CC3)ccc21. The number of amides is 1. The zero-order chi connectivity index (χ0) is 11.8. The van der Waals surface area contributed by atoms with Crippen LogP contribution in [0, 0.1) is 0 Å². The Balaban J connectivity index is 1.78. The number of aryl methyl sites for hydroxylation is 1. The van der Waals surface area contributed by atoms with Crippen LogP contribution in [-0.2, 0) is 17.8 Å². The van der Waals surface area contributed by atoms with E-state index < -0.39 is 0 Å². The molecule has 0 spiro atoms. The molecule has 3 nitrogen and oxygen atoms in total. The minimum atomic E-state index is 0.223. The first-order valence-electron chi connectivity index (χ1n) is 6.36. The van der Waals surface area contributed by atoms with E-state index in [1.54, 1.807) is 4.90 Å². The summed E-state index contributed by atoms with van der Waals surface area (Å²) in [5, 5.41) is 3.52. The topological polar surface area (TPSA) is 32.3 Å². The zero-order valence-corrected chi connectivity index (χ0v) is 10.2. The van der Waals surface area contributed by atoms with Crippen molar-refractivity contribution in [3.8, 4) is 0 Å². The molecular weight excluding hydrogens is 212 g/mol. The molecule has 1 N–H and O–H groups in total. The second-order valence-corrected chi connectivity index (χ2v) is 5.07. The summed E-state index contributed by atoms with van der Waals surface area (Å²) in [4.78, 5) is 13.4. The molecule has 1 amide bonds. The molecule has 1 saturated carbocycles. The molecule has 1 aliphatic carbocycles. The van der Waals surface area contributed by atoms with E-state index in [0.29, 0.717) is 6.42 Å². The number of hydrogen-bond acceptors (Lipinski definition) is 2. The Hall–Kier alpha value is -1.35. The standard InChI is InChI=1S/C14H18N2O/c1-16-13-6-2-10(9-15-12-4-5-12)8-11(13)3-7-14(16)17/h2,6,8,12,15H,3-5,7,9H2,1H3. The molecule has 17 heavy (non-hydrogen) atoms. The van der Waals surface area contributed by atoms with Gasteiger partial charge in [-0.15, -0.1) is 0 Å². The van der Waals surface area contributed by atoms with E-state index >= 15 is 0 Å². The molecular formula is C14H18N2O. The van der Waals surface area contributed by atoms with Gasteiger partial charge in [0.15, 0.2) is 0 Å². The number of benzene rings is 1. The van der Waals surface area contributed by atoms with Crippen molar-refractivity contribution in [1.29, 1.82) is 0 Å². The van der Waals surface area contributed by atoms with Crippen molar-refractivity contribution in [3.05, 3.63) is 29.3 Å². The summed E-state index contributed by atoms with van der Waals surface area (Å²) in [7, 11) is 1.86. The van der Waals surface area contributed by atoms with Crippen LogP contribution >= 0.6 is 0 Å². The highest BCUT2D eigenvalue weighted by Crippen LogP contribution is 2.28. The van der Waals surface area contributed by atoms with Crippen molar-refractivity contribution >= 4 is 11.6 Å². The predicted molar refractivity (Wildman–Crippen MR) is 68.0 cm³/mol. The lowest BCUT2D eigenvalue weighted by Crippen LogP contribution is -2.31. The lowest BCUT2D eigenvalue weighted by atomic mass is 9.99. The first-order chi connectivity index (χ1) is 8.24. The number of hydrogen-bond donors (Lipinski definition) is 1. The number of carbonyl (C=O) groups is 1. The van der Waals surface area contributed by atoms with Crippen LogP contribution in [0.2, 0.25) is 0 Å². The average molecular weight is 230 g/mol. The fourth-order valence-electron chi connectivity index (χ4n) is 2.37. The third-order valence-corrected chi connectivity index (χ3v) is 3.66. The summed E-state index contributed by atoms with van der Waals surface area (Å²) in [5.74, 6) is 0.223. The van der Waals surface area contributed by atoms with Crippen LogP contribution in [0.4, 0.5) is 5.69 Å². The van der Waals surface area contributed by atoms with E-state index in [2.05, 4.69) is 23.5 Å². The molecule has 0 unspecified atom stereocenters. The number of anilines is 1. The summed E-state index contributed by atoms with van der Waals surface area (Å²) < 4.78 is 0. The van der Waals surface area contributed by atoms with Gasteiger partial charge in [-0.1, -0.05) is 12.1 Å². The van der Waals surface area contributed by atoms with E-state index in [9.17, 15) is 4.79 Å². The van der Waals surface area contributed by atoms with E-state index in [0.717, 1.165) is 24.7 Å². The monoisotopic (exact) mass is 230 g/mol. The normalized spacial score (nSPS) is 19.4. The van der Waals surface area contributed by atoms with E-state index in [1.807, 2.05) is 7.05 Å². The quantitative estimate of drug-likeness (QED) is 0.859. The van der Waals surface area contributed by atoms with Crippen LogP contribution in [-0.4, -0.2) is 19.0 Å². The van der Waals surface area contributed by atoms with Crippen LogP contribution in [0.3, 0.4) is 0 Å². The molecule has 0 bridgehead atoms. The van der Waals surface area contributed by atoms with Gasteiger partial charge < -0.3 is 10.2 Å². The first-order valence-corrected chi connectivity index (χ1v) is 6.36. The summed E-state index contributed by atoms with van der Waals surface area (Å²) in [6.07, 6.45) is 4.17. The third kappa shape index (κ3) is 2.20. The molecule has 0 aromatic heterocycles. The van der Waals surface area contributed by atoms with E-state index in [-0.39, 0.29) is 5.91 Å². The zero-order valence-electron chi connectivity index (χ0n) is 10.2. The second-order valence-electron chi connectivity index (χ2n) is 5.07. The number of rotatable bonds is 3. The predicted octanol–water partition coefficient (Wildman–Crippen LogP) is 1.85. The largest absolute Gasteiger partial charge is 0.315 e. The molecule has 0 atom stereocenters. The minimum absolute atomic E-state index is 0.223. The van der Waals surface area contributed by atoms with Gasteiger partial charge in [0.05, 0.1) is 0 Å². The van der Waals surface area contributed by atoms with Gasteiger partial charge >= 0.3 is 0 Å². The molecule has 1 heterocycles. The van der Waals surface area contributed by atoms with Crippen LogP contribution in [0.5, 0.6) is 0 Å². The maximum absolute atomic E-state index is 11.6. The van der Waals surface area contributed by atoms with E-state index in [1.165, 1.54) is 24.0 Å². The van der Waals surface area contributed by atoms with Gasteiger partial charge in [0.25, 0.3) is 0 Å². The molecule has 1 aromatic rings. The first kappa shape index (κ1) is 10.8. The van der Waals surface area contributed by atoms with Crippen molar-refractivity contribution in [2.24, 2.45) is 0 Å². The van der Waals surface area contributed by atoms with Gasteiger partial charge in [-0.2, -0.15) is 0 Å². The number of carbonyl (C=O) groups excluding carboxylic acids is 1. The fraction of sp³-hybridized carbons (Fsp3) is 0.500. The van der Waals surface area contributed by atoms with Crippen LogP contribution in [0.25, 0.3) is 0 Å². The number of fused-ring (bicyclic) bond motifs is 1.